The Balaban J connectivity index is 1.69. The quantitative estimate of drug-likeness (QED) is 0.471. The number of benzene rings is 1. The molecule has 33 heavy (non-hydrogen) atoms. The molecule has 3 aromatic heterocycles. The second kappa shape index (κ2) is 8.90. The van der Waals surface area contributed by atoms with Gasteiger partial charge in [-0.2, -0.15) is 15.0 Å². The standard InChI is InChI=1S/C21H20F2N8O2/c1-32-15-4-2-3-14-16(15)26-18(17(22)23)31(14)21-28-19(25-13-5-7-24-8-6-13)27-20(29-21)30-9-11-33-12-10-30/h2-8,17H,9-12H2,1H3,(H,24,25,27,28,29). The fourth-order valence-corrected chi connectivity index (χ4v) is 3.59. The molecule has 4 heterocycles. The Labute approximate surface area is 187 Å². The summed E-state index contributed by atoms with van der Waals surface area (Å²) in [6.45, 7) is 2.17. The number of methoxy groups -OCH3 is 1. The molecular weight excluding hydrogens is 434 g/mol. The summed E-state index contributed by atoms with van der Waals surface area (Å²) in [6.07, 6.45) is 0.387. The van der Waals surface area contributed by atoms with E-state index in [9.17, 15) is 8.78 Å². The monoisotopic (exact) mass is 454 g/mol. The van der Waals surface area contributed by atoms with E-state index in [0.29, 0.717) is 54.7 Å². The van der Waals surface area contributed by atoms with Gasteiger partial charge in [-0.25, -0.2) is 13.8 Å². The van der Waals surface area contributed by atoms with Crippen LogP contribution in [0.1, 0.15) is 12.2 Å². The number of aromatic nitrogens is 6. The molecule has 1 saturated heterocycles. The Hall–Kier alpha value is -3.93. The van der Waals surface area contributed by atoms with Gasteiger partial charge in [0.1, 0.15) is 11.3 Å². The number of halogens is 2. The Morgan fingerprint density at radius 2 is 1.76 bits per heavy atom. The van der Waals surface area contributed by atoms with Gasteiger partial charge in [0.2, 0.25) is 17.8 Å². The first-order chi connectivity index (χ1) is 16.1. The average molecular weight is 454 g/mol. The van der Waals surface area contributed by atoms with Crippen molar-refractivity contribution in [3.8, 4) is 11.7 Å². The number of imidazole rings is 1. The van der Waals surface area contributed by atoms with Crippen LogP contribution < -0.4 is 15.0 Å². The molecule has 0 bridgehead atoms. The SMILES string of the molecule is COc1cccc2c1nc(C(F)F)n2-c1nc(Nc2ccncc2)nc(N2CCOCC2)n1. The van der Waals surface area contributed by atoms with E-state index in [0.717, 1.165) is 0 Å². The first-order valence-corrected chi connectivity index (χ1v) is 10.2. The van der Waals surface area contributed by atoms with Crippen LogP contribution in [0, 0.1) is 0 Å². The fourth-order valence-electron chi connectivity index (χ4n) is 3.59. The molecular formula is C21H20F2N8O2. The molecule has 10 nitrogen and oxygen atoms in total. The number of ether oxygens (including phenoxy) is 2. The highest BCUT2D eigenvalue weighted by Gasteiger charge is 2.25. The van der Waals surface area contributed by atoms with Gasteiger partial charge in [0.05, 0.1) is 25.8 Å². The third kappa shape index (κ3) is 4.12. The van der Waals surface area contributed by atoms with Crippen LogP contribution in [0.2, 0.25) is 0 Å². The number of morpholine rings is 1. The molecule has 170 valence electrons. The van der Waals surface area contributed by atoms with Crippen LogP contribution >= 0.6 is 0 Å². The highest BCUT2D eigenvalue weighted by Crippen LogP contribution is 2.32. The molecule has 1 aromatic carbocycles. The van der Waals surface area contributed by atoms with Crippen molar-refractivity contribution in [1.82, 2.24) is 29.5 Å². The summed E-state index contributed by atoms with van der Waals surface area (Å²) in [4.78, 5) is 23.6. The summed E-state index contributed by atoms with van der Waals surface area (Å²) in [5.74, 6) is 0.478. The summed E-state index contributed by atoms with van der Waals surface area (Å²) in [7, 11) is 1.46. The smallest absolute Gasteiger partial charge is 0.296 e. The van der Waals surface area contributed by atoms with E-state index in [2.05, 4.69) is 30.2 Å². The normalized spacial score (nSPS) is 14.1. The van der Waals surface area contributed by atoms with Crippen molar-refractivity contribution < 1.29 is 18.3 Å². The number of para-hydroxylation sites is 1. The lowest BCUT2D eigenvalue weighted by Gasteiger charge is -2.27. The maximum atomic E-state index is 14.0. The minimum Gasteiger partial charge on any atom is -0.494 e. The van der Waals surface area contributed by atoms with Gasteiger partial charge in [-0.05, 0) is 24.3 Å². The molecule has 0 saturated carbocycles. The number of hydrogen-bond donors (Lipinski definition) is 1. The summed E-state index contributed by atoms with van der Waals surface area (Å²) in [5, 5.41) is 3.10. The van der Waals surface area contributed by atoms with Gasteiger partial charge < -0.3 is 19.7 Å². The molecule has 1 aliphatic heterocycles. The van der Waals surface area contributed by atoms with Gasteiger partial charge in [0, 0.05) is 31.2 Å². The zero-order valence-electron chi connectivity index (χ0n) is 17.7. The fraction of sp³-hybridized carbons (Fsp3) is 0.286. The minimum atomic E-state index is -2.86. The maximum absolute atomic E-state index is 14.0. The lowest BCUT2D eigenvalue weighted by molar-refractivity contribution is 0.122. The van der Waals surface area contributed by atoms with Crippen molar-refractivity contribution in [1.29, 1.82) is 0 Å². The average Bonchev–Trinajstić information content (AvgIpc) is 3.25. The first-order valence-electron chi connectivity index (χ1n) is 10.2. The summed E-state index contributed by atoms with van der Waals surface area (Å²) in [6, 6.07) is 8.54. The van der Waals surface area contributed by atoms with Gasteiger partial charge in [0.15, 0.2) is 5.82 Å². The topological polar surface area (TPSA) is 103 Å². The number of pyridine rings is 1. The van der Waals surface area contributed by atoms with Crippen LogP contribution in [0.5, 0.6) is 5.75 Å². The highest BCUT2D eigenvalue weighted by atomic mass is 19.3. The lowest BCUT2D eigenvalue weighted by atomic mass is 10.3. The van der Waals surface area contributed by atoms with Gasteiger partial charge in [-0.15, -0.1) is 0 Å². The van der Waals surface area contributed by atoms with Gasteiger partial charge in [0.25, 0.3) is 6.43 Å². The van der Waals surface area contributed by atoms with E-state index in [1.807, 2.05) is 4.90 Å². The number of hydrogen-bond acceptors (Lipinski definition) is 9. The molecule has 1 N–H and O–H groups in total. The molecule has 1 aliphatic rings. The van der Waals surface area contributed by atoms with Crippen molar-refractivity contribution >= 4 is 28.6 Å². The number of rotatable bonds is 6. The minimum absolute atomic E-state index is 0.0223. The van der Waals surface area contributed by atoms with Crippen molar-refractivity contribution in [2.75, 3.05) is 43.6 Å². The van der Waals surface area contributed by atoms with E-state index in [1.54, 1.807) is 42.7 Å². The zero-order chi connectivity index (χ0) is 22.8. The zero-order valence-corrected chi connectivity index (χ0v) is 17.7. The molecule has 12 heteroatoms. The maximum Gasteiger partial charge on any atom is 0.296 e. The van der Waals surface area contributed by atoms with Gasteiger partial charge >= 0.3 is 0 Å². The van der Waals surface area contributed by atoms with Crippen LogP contribution in [-0.2, 0) is 4.74 Å². The van der Waals surface area contributed by atoms with Crippen LogP contribution in [0.3, 0.4) is 0 Å². The molecule has 0 amide bonds. The second-order valence-corrected chi connectivity index (χ2v) is 7.15. The van der Waals surface area contributed by atoms with Crippen molar-refractivity contribution in [2.24, 2.45) is 0 Å². The Bertz CT molecular complexity index is 1260. The third-order valence-corrected chi connectivity index (χ3v) is 5.13. The molecule has 4 aromatic rings. The second-order valence-electron chi connectivity index (χ2n) is 7.15. The highest BCUT2D eigenvalue weighted by molar-refractivity contribution is 5.84. The molecule has 1 fully saturated rings. The predicted molar refractivity (Wildman–Crippen MR) is 117 cm³/mol. The van der Waals surface area contributed by atoms with Crippen LogP contribution in [0.15, 0.2) is 42.7 Å². The lowest BCUT2D eigenvalue weighted by Crippen LogP contribution is -2.37. The number of alkyl halides is 2. The summed E-state index contributed by atoms with van der Waals surface area (Å²) in [5.41, 5.74) is 1.40. The molecule has 0 aliphatic carbocycles. The van der Waals surface area contributed by atoms with Crippen LogP contribution in [0.4, 0.5) is 26.4 Å². The molecule has 0 spiro atoms. The van der Waals surface area contributed by atoms with Crippen LogP contribution in [-0.4, -0.2) is 62.9 Å². The van der Waals surface area contributed by atoms with Crippen molar-refractivity contribution in [3.63, 3.8) is 0 Å². The third-order valence-electron chi connectivity index (χ3n) is 5.13. The number of anilines is 3. The Kier molecular flexibility index (Phi) is 5.65. The van der Waals surface area contributed by atoms with E-state index in [4.69, 9.17) is 9.47 Å². The largest absolute Gasteiger partial charge is 0.494 e. The molecule has 0 radical (unpaired) electrons. The Morgan fingerprint density at radius 1 is 1.00 bits per heavy atom. The number of nitrogens with one attached hydrogen (secondary N) is 1. The number of nitrogens with zero attached hydrogens (tertiary/aromatic N) is 7. The molecule has 0 atom stereocenters. The predicted octanol–water partition coefficient (Wildman–Crippen LogP) is 3.13. The summed E-state index contributed by atoms with van der Waals surface area (Å²) >= 11 is 0. The van der Waals surface area contributed by atoms with E-state index >= 15 is 0 Å². The van der Waals surface area contributed by atoms with Crippen LogP contribution in [0.25, 0.3) is 17.0 Å². The van der Waals surface area contributed by atoms with Gasteiger partial charge in [-0.1, -0.05) is 6.07 Å². The van der Waals surface area contributed by atoms with Crippen molar-refractivity contribution in [3.05, 3.63) is 48.5 Å². The van der Waals surface area contributed by atoms with E-state index < -0.39 is 12.2 Å². The number of fused-ring (bicyclic) bond motifs is 1. The molecule has 0 unspecified atom stereocenters. The summed E-state index contributed by atoms with van der Waals surface area (Å²) < 4.78 is 40.1. The first kappa shape index (κ1) is 20.9. The van der Waals surface area contributed by atoms with E-state index in [-0.39, 0.29) is 11.9 Å². The Morgan fingerprint density at radius 3 is 2.48 bits per heavy atom. The molecule has 5 rings (SSSR count). The van der Waals surface area contributed by atoms with Gasteiger partial charge in [-0.3, -0.25) is 9.55 Å². The van der Waals surface area contributed by atoms with Crippen molar-refractivity contribution in [2.45, 2.75) is 6.43 Å². The van der Waals surface area contributed by atoms with E-state index in [1.165, 1.54) is 11.7 Å².